The van der Waals surface area contributed by atoms with Gasteiger partial charge in [-0.3, -0.25) is 5.32 Å². The molecule has 0 saturated carbocycles. The van der Waals surface area contributed by atoms with E-state index in [-0.39, 0.29) is 12.1 Å². The predicted molar refractivity (Wildman–Crippen MR) is 52.6 cm³/mol. The normalized spacial score (nSPS) is 21.2. The van der Waals surface area contributed by atoms with Crippen LogP contribution in [-0.2, 0) is 0 Å². The van der Waals surface area contributed by atoms with Crippen LogP contribution < -0.4 is 10.6 Å². The van der Waals surface area contributed by atoms with Crippen LogP contribution in [0.1, 0.15) is 18.5 Å². The van der Waals surface area contributed by atoms with Crippen molar-refractivity contribution in [2.75, 3.05) is 5.32 Å². The first kappa shape index (κ1) is 8.07. The summed E-state index contributed by atoms with van der Waals surface area (Å²) in [5, 5.41) is 6.48. The number of nitrogens with one attached hydrogen (secondary N) is 2. The Labute approximate surface area is 82.3 Å². The van der Waals surface area contributed by atoms with E-state index >= 15 is 0 Å². The Hall–Kier alpha value is -0.550. The summed E-state index contributed by atoms with van der Waals surface area (Å²) in [6.07, 6.45) is 0. The molecule has 1 aliphatic heterocycles. The number of anilines is 1. The van der Waals surface area contributed by atoms with Crippen LogP contribution >= 0.6 is 27.3 Å². The van der Waals surface area contributed by atoms with Crippen molar-refractivity contribution in [3.8, 4) is 0 Å². The van der Waals surface area contributed by atoms with E-state index in [9.17, 15) is 4.79 Å². The molecular weight excluding hydrogens is 240 g/mol. The molecule has 1 aromatic rings. The van der Waals surface area contributed by atoms with Gasteiger partial charge in [-0.15, -0.1) is 11.3 Å². The van der Waals surface area contributed by atoms with Gasteiger partial charge in [-0.1, -0.05) is 0 Å². The molecule has 3 nitrogen and oxygen atoms in total. The van der Waals surface area contributed by atoms with Crippen molar-refractivity contribution in [1.82, 2.24) is 5.32 Å². The molecule has 0 spiro atoms. The molecule has 5 heteroatoms. The number of amides is 2. The van der Waals surface area contributed by atoms with E-state index in [0.717, 1.165) is 14.4 Å². The molecule has 2 N–H and O–H groups in total. The molecule has 2 rings (SSSR count). The highest BCUT2D eigenvalue weighted by Crippen LogP contribution is 2.37. The van der Waals surface area contributed by atoms with Crippen LogP contribution in [0.15, 0.2) is 9.85 Å². The lowest BCUT2D eigenvalue weighted by molar-refractivity contribution is 0.248. The summed E-state index contributed by atoms with van der Waals surface area (Å²) in [5.41, 5.74) is 1.14. The highest BCUT2D eigenvalue weighted by atomic mass is 79.9. The molecule has 12 heavy (non-hydrogen) atoms. The Morgan fingerprint density at radius 1 is 1.67 bits per heavy atom. The fourth-order valence-electron chi connectivity index (χ4n) is 1.21. The summed E-state index contributed by atoms with van der Waals surface area (Å²) in [7, 11) is 0. The van der Waals surface area contributed by atoms with Gasteiger partial charge in [0.2, 0.25) is 0 Å². The maximum Gasteiger partial charge on any atom is 0.320 e. The van der Waals surface area contributed by atoms with E-state index in [1.807, 2.05) is 13.0 Å². The molecule has 64 valence electrons. The molecule has 0 aliphatic carbocycles. The minimum Gasteiger partial charge on any atom is -0.331 e. The third-order valence-electron chi connectivity index (χ3n) is 1.77. The summed E-state index contributed by atoms with van der Waals surface area (Å²) in [5.74, 6) is 0. The Kier molecular flexibility index (Phi) is 1.84. The van der Waals surface area contributed by atoms with Crippen LogP contribution in [0.25, 0.3) is 0 Å². The van der Waals surface area contributed by atoms with Gasteiger partial charge in [-0.05, 0) is 28.9 Å². The van der Waals surface area contributed by atoms with Crippen molar-refractivity contribution in [1.29, 1.82) is 0 Å². The van der Waals surface area contributed by atoms with Crippen molar-refractivity contribution in [3.63, 3.8) is 0 Å². The van der Waals surface area contributed by atoms with Gasteiger partial charge in [-0.2, -0.15) is 0 Å². The predicted octanol–water partition coefficient (Wildman–Crippen LogP) is 2.71. The van der Waals surface area contributed by atoms with Crippen LogP contribution in [-0.4, -0.2) is 6.03 Å². The average molecular weight is 247 g/mol. The molecular formula is C7H7BrN2OS. The van der Waals surface area contributed by atoms with Crippen LogP contribution in [0.4, 0.5) is 9.80 Å². The molecule has 0 bridgehead atoms. The van der Waals surface area contributed by atoms with Crippen LogP contribution in [0.5, 0.6) is 0 Å². The summed E-state index contributed by atoms with van der Waals surface area (Å²) in [6.45, 7) is 1.97. The van der Waals surface area contributed by atoms with E-state index < -0.39 is 0 Å². The van der Waals surface area contributed by atoms with Gasteiger partial charge in [-0.25, -0.2) is 4.79 Å². The van der Waals surface area contributed by atoms with Crippen LogP contribution in [0.2, 0.25) is 0 Å². The van der Waals surface area contributed by atoms with Gasteiger partial charge in [0, 0.05) is 5.56 Å². The van der Waals surface area contributed by atoms with E-state index in [0.29, 0.717) is 0 Å². The van der Waals surface area contributed by atoms with Gasteiger partial charge in [0.05, 0.1) is 9.83 Å². The third-order valence-corrected chi connectivity index (χ3v) is 3.34. The summed E-state index contributed by atoms with van der Waals surface area (Å²) in [4.78, 5) is 11.0. The molecule has 0 aromatic carbocycles. The first-order valence-corrected chi connectivity index (χ1v) is 5.14. The molecule has 0 saturated heterocycles. The summed E-state index contributed by atoms with van der Waals surface area (Å²) in [6, 6.07) is 2.01. The average Bonchev–Trinajstić information content (AvgIpc) is 2.29. The standard InChI is InChI=1S/C7H7BrN2OS/c1-3-4-2-5(8)12-6(4)10-7(11)9-3/h2-3H,1H3,(H2,9,10,11). The lowest BCUT2D eigenvalue weighted by atomic mass is 10.1. The number of carbonyl (C=O) groups is 1. The van der Waals surface area contributed by atoms with Crippen molar-refractivity contribution in [3.05, 3.63) is 15.4 Å². The van der Waals surface area contributed by atoms with Crippen molar-refractivity contribution in [2.24, 2.45) is 0 Å². The summed E-state index contributed by atoms with van der Waals surface area (Å²) < 4.78 is 1.04. The van der Waals surface area contributed by atoms with E-state index in [1.165, 1.54) is 0 Å². The molecule has 0 fully saturated rings. The number of thiophene rings is 1. The van der Waals surface area contributed by atoms with Crippen molar-refractivity contribution in [2.45, 2.75) is 13.0 Å². The zero-order valence-corrected chi connectivity index (χ0v) is 8.75. The third kappa shape index (κ3) is 1.23. The van der Waals surface area contributed by atoms with E-state index in [4.69, 9.17) is 0 Å². The molecule has 1 aliphatic rings. The van der Waals surface area contributed by atoms with Crippen molar-refractivity contribution < 1.29 is 4.79 Å². The first-order chi connectivity index (χ1) is 5.66. The molecule has 1 unspecified atom stereocenters. The molecule has 2 amide bonds. The smallest absolute Gasteiger partial charge is 0.320 e. The van der Waals surface area contributed by atoms with Gasteiger partial charge < -0.3 is 5.32 Å². The first-order valence-electron chi connectivity index (χ1n) is 3.53. The maximum absolute atomic E-state index is 11.0. The number of rotatable bonds is 0. The van der Waals surface area contributed by atoms with Crippen LogP contribution in [0, 0.1) is 0 Å². The Morgan fingerprint density at radius 2 is 2.42 bits per heavy atom. The zero-order valence-electron chi connectivity index (χ0n) is 6.35. The largest absolute Gasteiger partial charge is 0.331 e. The van der Waals surface area contributed by atoms with Gasteiger partial charge in [0.15, 0.2) is 0 Å². The Bertz CT molecular complexity index is 336. The number of carbonyl (C=O) groups excluding carboxylic acids is 1. The molecule has 1 aromatic heterocycles. The van der Waals surface area contributed by atoms with Gasteiger partial charge >= 0.3 is 6.03 Å². The number of urea groups is 1. The molecule has 1 atom stereocenters. The highest BCUT2D eigenvalue weighted by molar-refractivity contribution is 9.11. The van der Waals surface area contributed by atoms with Crippen LogP contribution in [0.3, 0.4) is 0 Å². The minimum absolute atomic E-state index is 0.108. The lowest BCUT2D eigenvalue weighted by Crippen LogP contribution is -2.35. The van der Waals surface area contributed by atoms with E-state index in [1.54, 1.807) is 11.3 Å². The molecule has 2 heterocycles. The number of hydrogen-bond acceptors (Lipinski definition) is 2. The Balaban J connectivity index is 2.46. The quantitative estimate of drug-likeness (QED) is 0.727. The topological polar surface area (TPSA) is 41.1 Å². The number of halogens is 1. The second kappa shape index (κ2) is 2.74. The summed E-state index contributed by atoms with van der Waals surface area (Å²) >= 11 is 4.92. The fourth-order valence-corrected chi connectivity index (χ4v) is 2.82. The Morgan fingerprint density at radius 3 is 3.17 bits per heavy atom. The molecule has 0 radical (unpaired) electrons. The maximum atomic E-state index is 11.0. The van der Waals surface area contributed by atoms with Gasteiger partial charge in [0.25, 0.3) is 0 Å². The zero-order chi connectivity index (χ0) is 8.72. The SMILES string of the molecule is CC1NC(=O)Nc2sc(Br)cc21. The fraction of sp³-hybridized carbons (Fsp3) is 0.286. The number of fused-ring (bicyclic) bond motifs is 1. The van der Waals surface area contributed by atoms with Crippen molar-refractivity contribution >= 4 is 38.3 Å². The lowest BCUT2D eigenvalue weighted by Gasteiger charge is -2.20. The monoisotopic (exact) mass is 246 g/mol. The minimum atomic E-state index is -0.121. The number of hydrogen-bond donors (Lipinski definition) is 2. The second-order valence-electron chi connectivity index (χ2n) is 2.66. The van der Waals surface area contributed by atoms with E-state index in [2.05, 4.69) is 26.6 Å². The second-order valence-corrected chi connectivity index (χ2v) is 5.09. The van der Waals surface area contributed by atoms with Gasteiger partial charge in [0.1, 0.15) is 5.00 Å². The highest BCUT2D eigenvalue weighted by Gasteiger charge is 2.22.